The van der Waals surface area contributed by atoms with Gasteiger partial charge in [-0.2, -0.15) is 0 Å². The quantitative estimate of drug-likeness (QED) is 0.757. The van der Waals surface area contributed by atoms with Crippen LogP contribution < -0.4 is 14.8 Å². The minimum absolute atomic E-state index is 0.00231. The fraction of sp³-hybridized carbons (Fsp3) is 0.333. The van der Waals surface area contributed by atoms with Gasteiger partial charge in [-0.1, -0.05) is 18.2 Å². The van der Waals surface area contributed by atoms with E-state index in [0.717, 1.165) is 11.1 Å². The number of amides is 2. The number of carbonyl (C=O) groups excluding carboxylic acids is 2. The fourth-order valence-electron chi connectivity index (χ4n) is 2.91. The Morgan fingerprint density at radius 2 is 1.79 bits per heavy atom. The molecule has 0 bridgehead atoms. The zero-order chi connectivity index (χ0) is 19.9. The molecule has 0 atom stereocenters. The maximum Gasteiger partial charge on any atom is 0.239 e. The van der Waals surface area contributed by atoms with E-state index in [9.17, 15) is 14.0 Å². The van der Waals surface area contributed by atoms with Crippen molar-refractivity contribution in [2.45, 2.75) is 26.3 Å². The van der Waals surface area contributed by atoms with Crippen LogP contribution in [-0.2, 0) is 22.6 Å². The molecule has 2 aromatic rings. The number of hydrogen-bond acceptors (Lipinski definition) is 4. The zero-order valence-electron chi connectivity index (χ0n) is 15.7. The molecule has 0 saturated carbocycles. The zero-order valence-corrected chi connectivity index (χ0v) is 15.7. The third kappa shape index (κ3) is 5.22. The van der Waals surface area contributed by atoms with E-state index in [1.165, 1.54) is 17.0 Å². The Labute approximate surface area is 163 Å². The summed E-state index contributed by atoms with van der Waals surface area (Å²) in [6.07, 6.45) is 0.863. The van der Waals surface area contributed by atoms with E-state index in [1.54, 1.807) is 12.1 Å². The molecule has 0 fully saturated rings. The Bertz CT molecular complexity index is 839. The van der Waals surface area contributed by atoms with Crippen molar-refractivity contribution in [2.24, 2.45) is 0 Å². The van der Waals surface area contributed by atoms with Crippen molar-refractivity contribution in [3.05, 3.63) is 59.4 Å². The molecule has 2 aromatic carbocycles. The molecule has 1 heterocycles. The number of ether oxygens (including phenoxy) is 2. The molecule has 28 heavy (non-hydrogen) atoms. The topological polar surface area (TPSA) is 67.9 Å². The molecule has 2 amide bonds. The van der Waals surface area contributed by atoms with Gasteiger partial charge >= 0.3 is 0 Å². The van der Waals surface area contributed by atoms with Gasteiger partial charge in [0.2, 0.25) is 18.6 Å². The lowest BCUT2D eigenvalue weighted by Gasteiger charge is -2.20. The van der Waals surface area contributed by atoms with Crippen molar-refractivity contribution in [1.82, 2.24) is 10.2 Å². The van der Waals surface area contributed by atoms with Crippen molar-refractivity contribution < 1.29 is 23.5 Å². The second kappa shape index (κ2) is 9.21. The number of aryl methyl sites for hydroxylation is 1. The molecule has 6 nitrogen and oxygen atoms in total. The van der Waals surface area contributed by atoms with Crippen LogP contribution >= 0.6 is 0 Å². The number of nitrogens with zero attached hydrogens (tertiary/aromatic N) is 1. The van der Waals surface area contributed by atoms with Crippen LogP contribution in [-0.4, -0.2) is 36.6 Å². The van der Waals surface area contributed by atoms with Gasteiger partial charge in [0.15, 0.2) is 11.5 Å². The van der Waals surface area contributed by atoms with Crippen molar-refractivity contribution in [3.63, 3.8) is 0 Å². The van der Waals surface area contributed by atoms with E-state index < -0.39 is 0 Å². The molecule has 1 aliphatic heterocycles. The highest BCUT2D eigenvalue weighted by atomic mass is 19.1. The smallest absolute Gasteiger partial charge is 0.239 e. The first kappa shape index (κ1) is 19.7. The summed E-state index contributed by atoms with van der Waals surface area (Å²) in [5.41, 5.74) is 1.78. The monoisotopic (exact) mass is 386 g/mol. The fourth-order valence-corrected chi connectivity index (χ4v) is 2.91. The highest BCUT2D eigenvalue weighted by Gasteiger charge is 2.17. The predicted octanol–water partition coefficient (Wildman–Crippen LogP) is 2.65. The summed E-state index contributed by atoms with van der Waals surface area (Å²) in [5.74, 6) is 0.751. The minimum Gasteiger partial charge on any atom is -0.454 e. The second-order valence-corrected chi connectivity index (χ2v) is 6.50. The number of rotatable bonds is 8. The summed E-state index contributed by atoms with van der Waals surface area (Å²) in [5, 5.41) is 2.75. The average Bonchev–Trinajstić information content (AvgIpc) is 3.17. The molecule has 0 unspecified atom stereocenters. The van der Waals surface area contributed by atoms with Crippen LogP contribution in [0, 0.1) is 5.82 Å². The van der Waals surface area contributed by atoms with Crippen molar-refractivity contribution in [3.8, 4) is 11.5 Å². The highest BCUT2D eigenvalue weighted by molar-refractivity contribution is 5.84. The van der Waals surface area contributed by atoms with Gasteiger partial charge in [-0.3, -0.25) is 9.59 Å². The van der Waals surface area contributed by atoms with E-state index in [2.05, 4.69) is 5.32 Å². The summed E-state index contributed by atoms with van der Waals surface area (Å²) in [4.78, 5) is 26.1. The van der Waals surface area contributed by atoms with Gasteiger partial charge in [-0.25, -0.2) is 4.39 Å². The Morgan fingerprint density at radius 3 is 2.54 bits per heavy atom. The number of benzene rings is 2. The van der Waals surface area contributed by atoms with E-state index in [0.29, 0.717) is 37.4 Å². The van der Waals surface area contributed by atoms with Crippen LogP contribution in [0.3, 0.4) is 0 Å². The molecule has 7 heteroatoms. The van der Waals surface area contributed by atoms with Crippen LogP contribution in [0.5, 0.6) is 11.5 Å². The summed E-state index contributed by atoms with van der Waals surface area (Å²) in [6.45, 7) is 2.80. The summed E-state index contributed by atoms with van der Waals surface area (Å²) in [7, 11) is 0. The van der Waals surface area contributed by atoms with Gasteiger partial charge in [-0.15, -0.1) is 0 Å². The first-order chi connectivity index (χ1) is 13.5. The van der Waals surface area contributed by atoms with E-state index >= 15 is 0 Å². The Morgan fingerprint density at radius 1 is 1.07 bits per heavy atom. The molecule has 0 spiro atoms. The standard InChI is InChI=1S/C21H23FN2O4/c1-2-24(13-20(25)23-12-16-3-7-17(22)8-4-16)21(26)10-6-15-5-9-18-19(11-15)28-14-27-18/h3-5,7-9,11H,2,6,10,12-14H2,1H3,(H,23,25). The molecule has 0 aliphatic carbocycles. The van der Waals surface area contributed by atoms with Crippen LogP contribution in [0.1, 0.15) is 24.5 Å². The largest absolute Gasteiger partial charge is 0.454 e. The Balaban J connectivity index is 1.46. The molecule has 1 N–H and O–H groups in total. The van der Waals surface area contributed by atoms with Gasteiger partial charge in [0.1, 0.15) is 5.82 Å². The first-order valence-corrected chi connectivity index (χ1v) is 9.22. The minimum atomic E-state index is -0.319. The van der Waals surface area contributed by atoms with Crippen molar-refractivity contribution >= 4 is 11.8 Å². The lowest BCUT2D eigenvalue weighted by molar-refractivity contribution is -0.135. The van der Waals surface area contributed by atoms with Crippen molar-refractivity contribution in [2.75, 3.05) is 19.9 Å². The maximum atomic E-state index is 12.9. The van der Waals surface area contributed by atoms with Crippen LogP contribution in [0.25, 0.3) is 0 Å². The second-order valence-electron chi connectivity index (χ2n) is 6.50. The number of likely N-dealkylation sites (N-methyl/N-ethyl adjacent to an activating group) is 1. The third-order valence-electron chi connectivity index (χ3n) is 4.54. The molecule has 0 radical (unpaired) electrons. The normalized spacial score (nSPS) is 11.9. The molecular formula is C21H23FN2O4. The summed E-state index contributed by atoms with van der Waals surface area (Å²) < 4.78 is 23.5. The molecule has 1 aliphatic rings. The lowest BCUT2D eigenvalue weighted by Crippen LogP contribution is -2.40. The Kier molecular flexibility index (Phi) is 6.47. The molecule has 0 aromatic heterocycles. The SMILES string of the molecule is CCN(CC(=O)NCc1ccc(F)cc1)C(=O)CCc1ccc2c(c1)OCO2. The number of carbonyl (C=O) groups is 2. The van der Waals surface area contributed by atoms with Gasteiger partial charge in [0.25, 0.3) is 0 Å². The van der Waals surface area contributed by atoms with E-state index in [-0.39, 0.29) is 31.0 Å². The summed E-state index contributed by atoms with van der Waals surface area (Å²) in [6, 6.07) is 11.5. The summed E-state index contributed by atoms with van der Waals surface area (Å²) >= 11 is 0. The lowest BCUT2D eigenvalue weighted by atomic mass is 10.1. The number of hydrogen-bond donors (Lipinski definition) is 1. The van der Waals surface area contributed by atoms with E-state index in [1.807, 2.05) is 25.1 Å². The molecule has 0 saturated heterocycles. The molecule has 148 valence electrons. The van der Waals surface area contributed by atoms with Crippen LogP contribution in [0.4, 0.5) is 4.39 Å². The van der Waals surface area contributed by atoms with Gasteiger partial charge in [-0.05, 0) is 48.7 Å². The first-order valence-electron chi connectivity index (χ1n) is 9.22. The molecule has 3 rings (SSSR count). The van der Waals surface area contributed by atoms with Crippen molar-refractivity contribution in [1.29, 1.82) is 0 Å². The highest BCUT2D eigenvalue weighted by Crippen LogP contribution is 2.32. The van der Waals surface area contributed by atoms with Gasteiger partial charge < -0.3 is 19.7 Å². The maximum absolute atomic E-state index is 12.9. The third-order valence-corrected chi connectivity index (χ3v) is 4.54. The predicted molar refractivity (Wildman–Crippen MR) is 101 cm³/mol. The van der Waals surface area contributed by atoms with Gasteiger partial charge in [0.05, 0.1) is 6.54 Å². The number of nitrogens with one attached hydrogen (secondary N) is 1. The number of halogens is 1. The Hall–Kier alpha value is -3.09. The van der Waals surface area contributed by atoms with Crippen LogP contribution in [0.15, 0.2) is 42.5 Å². The van der Waals surface area contributed by atoms with Gasteiger partial charge in [0, 0.05) is 19.5 Å². The average molecular weight is 386 g/mol. The van der Waals surface area contributed by atoms with Crippen LogP contribution in [0.2, 0.25) is 0 Å². The molecular weight excluding hydrogens is 363 g/mol. The van der Waals surface area contributed by atoms with E-state index in [4.69, 9.17) is 9.47 Å². The number of fused-ring (bicyclic) bond motifs is 1.